The molecule has 9 rings (SSSR count). The van der Waals surface area contributed by atoms with Crippen molar-refractivity contribution in [2.45, 2.75) is 257 Å². The number of carbonyl (C=O) groups is 7. The van der Waals surface area contributed by atoms with Crippen LogP contribution in [0.5, 0.6) is 0 Å². The fourth-order valence-electron chi connectivity index (χ4n) is 17.1. The first-order valence-electron chi connectivity index (χ1n) is 45.0. The number of esters is 1. The van der Waals surface area contributed by atoms with Crippen molar-refractivity contribution in [1.82, 2.24) is 49.9 Å². The Morgan fingerprint density at radius 3 is 2.20 bits per heavy atom. The van der Waals surface area contributed by atoms with Crippen LogP contribution in [0.2, 0.25) is 0 Å². The van der Waals surface area contributed by atoms with E-state index in [1.165, 1.54) is 25.4 Å². The molecule has 0 unspecified atom stereocenters. The minimum atomic E-state index is -2.46. The van der Waals surface area contributed by atoms with Crippen LogP contribution in [0.3, 0.4) is 0 Å². The van der Waals surface area contributed by atoms with Gasteiger partial charge in [-0.2, -0.15) is 10.1 Å². The highest BCUT2D eigenvalue weighted by Gasteiger charge is 2.53. The molecule has 1 aromatic carbocycles. The molecule has 0 radical (unpaired) electrons. The summed E-state index contributed by atoms with van der Waals surface area (Å²) in [6, 6.07) is 4.30. The number of amides is 2. The first kappa shape index (κ1) is 101. The summed E-state index contributed by atoms with van der Waals surface area (Å²) in [4.78, 5) is 116. The number of benzene rings is 1. The molecular weight excluding hydrogens is 1620 g/mol. The number of aromatic nitrogens is 8. The van der Waals surface area contributed by atoms with E-state index < -0.39 is 77.8 Å². The molecule has 4 aliphatic rings. The molecule has 7 heterocycles. The molecular formula is C92H137N13O21. The summed E-state index contributed by atoms with van der Waals surface area (Å²) in [6.07, 6.45) is 21.7. The summed E-state index contributed by atoms with van der Waals surface area (Å²) in [6.45, 7) is 17.5. The van der Waals surface area contributed by atoms with Gasteiger partial charge in [-0.25, -0.2) is 24.1 Å². The van der Waals surface area contributed by atoms with Crippen LogP contribution in [0.15, 0.2) is 87.9 Å². The summed E-state index contributed by atoms with van der Waals surface area (Å²) >= 11 is 0. The van der Waals surface area contributed by atoms with E-state index >= 15 is 4.79 Å². The second-order valence-corrected chi connectivity index (χ2v) is 34.1. The smallest absolute Gasteiger partial charge is 0.329 e. The number of oxazole rings is 1. The maximum absolute atomic E-state index is 15.0. The molecule has 4 aromatic heterocycles. The van der Waals surface area contributed by atoms with Crippen molar-refractivity contribution < 1.29 is 100 Å². The molecule has 0 spiro atoms. The second kappa shape index (κ2) is 51.9. The number of unbranched alkanes of at least 4 members (excludes halogenated alkanes) is 2. The summed E-state index contributed by atoms with van der Waals surface area (Å²) in [5, 5.41) is 46.0. The number of fused-ring (bicyclic) bond motifs is 5. The van der Waals surface area contributed by atoms with Gasteiger partial charge in [-0.3, -0.25) is 28.8 Å². The van der Waals surface area contributed by atoms with Gasteiger partial charge in [0.2, 0.25) is 11.7 Å². The van der Waals surface area contributed by atoms with Gasteiger partial charge in [-0.15, -0.1) is 5.10 Å². The Bertz CT molecular complexity index is 4460. The van der Waals surface area contributed by atoms with Crippen LogP contribution >= 0.6 is 0 Å². The monoisotopic (exact) mass is 1760 g/mol. The normalized spacial score (nSPS) is 26.9. The molecule has 2 bridgehead atoms. The zero-order valence-electron chi connectivity index (χ0n) is 75.7. The molecule has 3 aliphatic heterocycles. The van der Waals surface area contributed by atoms with E-state index in [0.717, 1.165) is 42.5 Å². The number of nitrogens with one attached hydrogen (secondary N) is 1. The molecule has 34 heteroatoms. The number of nitrogens with two attached hydrogens (primary N) is 2. The van der Waals surface area contributed by atoms with Crippen LogP contribution in [-0.4, -0.2) is 258 Å². The topological polar surface area (TPSA) is 441 Å². The van der Waals surface area contributed by atoms with Crippen molar-refractivity contribution >= 4 is 80.6 Å². The lowest BCUT2D eigenvalue weighted by atomic mass is 9.77. The molecule has 7 N–H and O–H groups in total. The van der Waals surface area contributed by atoms with Crippen LogP contribution in [-0.2, 0) is 98.7 Å². The summed E-state index contributed by atoms with van der Waals surface area (Å²) in [5.41, 5.74) is 17.8. The zero-order chi connectivity index (χ0) is 90.7. The highest BCUT2D eigenvalue weighted by Crippen LogP contribution is 2.41. The van der Waals surface area contributed by atoms with Gasteiger partial charge in [0.15, 0.2) is 17.0 Å². The van der Waals surface area contributed by atoms with Gasteiger partial charge in [-0.05, 0) is 157 Å². The fourth-order valence-corrected chi connectivity index (χ4v) is 17.1. The maximum Gasteiger partial charge on any atom is 0.329 e. The van der Waals surface area contributed by atoms with E-state index in [1.807, 2.05) is 92.7 Å². The lowest BCUT2D eigenvalue weighted by Crippen LogP contribution is -2.61. The third-order valence-corrected chi connectivity index (χ3v) is 24.5. The number of aliphatic hydroxyl groups excluding tert-OH is 1. The predicted octanol–water partition coefficient (Wildman–Crippen LogP) is 10.7. The third-order valence-electron chi connectivity index (χ3n) is 24.5. The SMILES string of the molecule is CO/N=C1/C[C@@H]([C@H](C)C[C@@H]2CC[C@H](n3cc(CCCC(=O)NCCOCCOCCOCCC(=O)CCCOCCOCCC(=O)CCCCCn4nc(-c5ccc6oc(N)nc6c5)c5c(N)ncnc54)nn3)[C@H](OC)C2)OC(=O)[C@@H]2CCCCN2C(=O)C(=O)[C@]2(O)O[C@@H](CC[C@H]2C)C[C@H](OC)/C(C)=C/C=C/C=C/[C@@H](C)C[C@@H](C)C(=O)[C@H](OC)[C@H](O)/C(C)=C/[C@H]1C. The van der Waals surface area contributed by atoms with Gasteiger partial charge >= 0.3 is 5.97 Å². The van der Waals surface area contributed by atoms with E-state index in [0.29, 0.717) is 227 Å². The summed E-state index contributed by atoms with van der Waals surface area (Å²) < 4.78 is 68.0. The molecule has 1 aliphatic carbocycles. The maximum atomic E-state index is 15.0. The van der Waals surface area contributed by atoms with Crippen molar-refractivity contribution in [1.29, 1.82) is 0 Å². The molecule has 2 saturated heterocycles. The minimum absolute atomic E-state index is 0.000971. The van der Waals surface area contributed by atoms with Gasteiger partial charge in [0.05, 0.1) is 101 Å². The summed E-state index contributed by atoms with van der Waals surface area (Å²) in [7, 11) is 6.09. The number of Topliss-reactive ketones (excluding diaryl/α,β-unsaturated/α-hetero) is 4. The number of allylic oxidation sites excluding steroid dienone is 6. The van der Waals surface area contributed by atoms with Gasteiger partial charge in [0.25, 0.3) is 17.7 Å². The number of rotatable bonds is 41. The Morgan fingerprint density at radius 1 is 0.754 bits per heavy atom. The number of cyclic esters (lactones) is 1. The number of anilines is 2. The molecule has 2 amide bonds. The fraction of sp³-hybridized carbons (Fsp3) is 0.674. The second-order valence-electron chi connectivity index (χ2n) is 34.1. The Labute approximate surface area is 739 Å². The zero-order valence-corrected chi connectivity index (χ0v) is 75.7. The predicted molar refractivity (Wildman–Crippen MR) is 472 cm³/mol. The minimum Gasteiger partial charge on any atom is -0.460 e. The molecule has 34 nitrogen and oxygen atoms in total. The number of hydrogen-bond donors (Lipinski definition) is 5. The van der Waals surface area contributed by atoms with E-state index in [2.05, 4.69) is 35.7 Å². The van der Waals surface area contributed by atoms with Crippen molar-refractivity contribution in [2.24, 2.45) is 40.7 Å². The number of ketones is 4. The standard InChI is InChI=1S/C92H137N13O21/c1-59-22-14-12-15-23-60(2)77(115-8)55-71-32-29-65(7)92(114,126-71)86(111)89(112)103-38-19-17-27-75(103)90(113)124-78(56-72(101-118-11)61(3)51-64(6)84(110)85(117-10)83(109)63(5)50-59)62(4)52-66-30-33-74(79(53-66)116-9)105-57-68(99-102-105)24-20-28-80(108)95-37-43-122-47-49-123-48-46-121-42-36-70(107)26-21-40-119-44-45-120-41-35-69(106)25-16-13-18-39-104-88-81(87(93)96-58-97-88)82(100-104)67-31-34-76-73(54-67)98-91(94)125-76/h12,14-15,22-23,31,34,51,54,57-59,61-63,65-66,71,74-75,77-79,84-85,110,114H,13,16-21,24-30,32-33,35-50,52-53,55-56H2,1-11H3,(H2,94,98)(H,95,108)(H2,93,96,97)/b15-12+,22-14+,60-23+,64-51+,101-72-/t59-,61-,62-,63-,65-,66+,71+,74+,75+,77+,78+,79-,84-,85+,92-/m1/s1. The third kappa shape index (κ3) is 30.1. The Hall–Kier alpha value is -8.94. The van der Waals surface area contributed by atoms with Gasteiger partial charge < -0.3 is 88.5 Å². The first-order chi connectivity index (χ1) is 60.7. The largest absolute Gasteiger partial charge is 0.460 e. The highest BCUT2D eigenvalue weighted by atomic mass is 16.6. The van der Waals surface area contributed by atoms with Crippen LogP contribution in [0.4, 0.5) is 11.8 Å². The van der Waals surface area contributed by atoms with E-state index in [9.17, 15) is 39.0 Å². The van der Waals surface area contributed by atoms with Crippen molar-refractivity contribution in [2.75, 3.05) is 119 Å². The summed E-state index contributed by atoms with van der Waals surface area (Å²) in [5.74, 6) is -7.06. The quantitative estimate of drug-likeness (QED) is 0.00798. The van der Waals surface area contributed by atoms with Gasteiger partial charge in [0.1, 0.15) is 66.4 Å². The highest BCUT2D eigenvalue weighted by molar-refractivity contribution is 6.39. The van der Waals surface area contributed by atoms with Gasteiger partial charge in [0, 0.05) is 122 Å². The lowest BCUT2D eigenvalue weighted by Gasteiger charge is -2.42. The van der Waals surface area contributed by atoms with Crippen LogP contribution in [0.25, 0.3) is 33.4 Å². The average molecular weight is 1760 g/mol. The number of aryl methyl sites for hydroxylation is 2. The molecule has 15 atom stereocenters. The van der Waals surface area contributed by atoms with Crippen LogP contribution < -0.4 is 16.8 Å². The number of piperidine rings is 1. The van der Waals surface area contributed by atoms with E-state index in [4.69, 9.17) is 73.2 Å². The van der Waals surface area contributed by atoms with Crippen molar-refractivity contribution in [3.8, 4) is 11.3 Å². The number of aliphatic hydroxyl groups is 2. The van der Waals surface area contributed by atoms with E-state index in [-0.39, 0.29) is 85.0 Å². The Kier molecular flexibility index (Phi) is 41.5. The number of carbonyl (C=O) groups excluding carboxylic acids is 7. The molecule has 5 aromatic rings. The van der Waals surface area contributed by atoms with Gasteiger partial charge in [-0.1, -0.05) is 87.9 Å². The number of nitrogen functional groups attached to an aromatic ring is 2. The van der Waals surface area contributed by atoms with E-state index in [1.54, 1.807) is 40.2 Å². The molecule has 1 saturated carbocycles. The van der Waals surface area contributed by atoms with Crippen molar-refractivity contribution in [3.05, 3.63) is 84.0 Å². The van der Waals surface area contributed by atoms with Crippen LogP contribution in [0, 0.1) is 35.5 Å². The van der Waals surface area contributed by atoms with Crippen LogP contribution in [0.1, 0.15) is 201 Å². The lowest BCUT2D eigenvalue weighted by molar-refractivity contribution is -0.265. The number of methoxy groups -OCH3 is 3. The van der Waals surface area contributed by atoms with Crippen molar-refractivity contribution in [3.63, 3.8) is 0 Å². The molecule has 3 fully saturated rings. The first-order valence-corrected chi connectivity index (χ1v) is 45.0. The Morgan fingerprint density at radius 2 is 1.48 bits per heavy atom. The number of oxime groups is 1. The molecule has 126 heavy (non-hydrogen) atoms. The molecule has 696 valence electrons. The Balaban J connectivity index is 0.638. The number of ether oxygens (including phenoxy) is 10. The number of hydrogen-bond acceptors (Lipinski definition) is 30. The average Bonchev–Trinajstić information content (AvgIpc) is 1.73. The number of nitrogens with zero attached hydrogens (tertiary/aromatic N) is 10.